The summed E-state index contributed by atoms with van der Waals surface area (Å²) < 4.78 is 14.5. The minimum atomic E-state index is -0.752. The van der Waals surface area contributed by atoms with Crippen molar-refractivity contribution in [1.82, 2.24) is 14.9 Å². The van der Waals surface area contributed by atoms with Gasteiger partial charge in [-0.25, -0.2) is 9.18 Å². The molecule has 0 aliphatic rings. The topological polar surface area (TPSA) is 84.0 Å². The molecule has 0 unspecified atom stereocenters. The first-order valence-electron chi connectivity index (χ1n) is 7.24. The number of amides is 1. The van der Waals surface area contributed by atoms with E-state index in [1.54, 1.807) is 6.07 Å². The van der Waals surface area contributed by atoms with Crippen molar-refractivity contribution in [1.29, 1.82) is 0 Å². The van der Waals surface area contributed by atoms with Gasteiger partial charge < -0.3 is 10.3 Å². The van der Waals surface area contributed by atoms with Gasteiger partial charge in [-0.1, -0.05) is 32.0 Å². The second kappa shape index (κ2) is 7.04. The van der Waals surface area contributed by atoms with Crippen LogP contribution in [0.5, 0.6) is 0 Å². The predicted octanol–water partition coefficient (Wildman–Crippen LogP) is 1.11. The molecular formula is C16H18FN3O3. The molecule has 1 aromatic heterocycles. The number of carbonyl (C=O) groups is 1. The minimum Gasteiger partial charge on any atom is -0.352 e. The van der Waals surface area contributed by atoms with Gasteiger partial charge in [-0.15, -0.1) is 0 Å². The Morgan fingerprint density at radius 3 is 2.65 bits per heavy atom. The van der Waals surface area contributed by atoms with Gasteiger partial charge in [-0.3, -0.25) is 14.2 Å². The maximum Gasteiger partial charge on any atom is 0.328 e. The molecular weight excluding hydrogens is 301 g/mol. The summed E-state index contributed by atoms with van der Waals surface area (Å²) in [6.07, 6.45) is 1.08. The molecule has 6 nitrogen and oxygen atoms in total. The Balaban J connectivity index is 2.36. The molecule has 2 N–H and O–H groups in total. The fourth-order valence-electron chi connectivity index (χ4n) is 2.01. The average Bonchev–Trinajstić information content (AvgIpc) is 2.50. The van der Waals surface area contributed by atoms with Crippen LogP contribution >= 0.6 is 0 Å². The van der Waals surface area contributed by atoms with E-state index in [1.807, 2.05) is 13.8 Å². The summed E-state index contributed by atoms with van der Waals surface area (Å²) in [5.74, 6) is -0.863. The van der Waals surface area contributed by atoms with Gasteiger partial charge in [-0.05, 0) is 12.0 Å². The van der Waals surface area contributed by atoms with Crippen LogP contribution < -0.4 is 16.6 Å². The first-order chi connectivity index (χ1) is 10.9. The molecule has 0 atom stereocenters. The van der Waals surface area contributed by atoms with Crippen LogP contribution in [0.3, 0.4) is 0 Å². The van der Waals surface area contributed by atoms with Gasteiger partial charge in [0.15, 0.2) is 0 Å². The number of hydrogen-bond donors (Lipinski definition) is 2. The molecule has 23 heavy (non-hydrogen) atoms. The summed E-state index contributed by atoms with van der Waals surface area (Å²) in [5, 5.41) is 2.61. The SMILES string of the molecule is CC(C)CNC(=O)c1c[nH]c(=O)n(Cc2ccccc2F)c1=O. The Morgan fingerprint density at radius 1 is 1.30 bits per heavy atom. The zero-order valence-electron chi connectivity index (χ0n) is 12.9. The number of carbonyl (C=O) groups excluding carboxylic acids is 1. The highest BCUT2D eigenvalue weighted by Gasteiger charge is 2.15. The van der Waals surface area contributed by atoms with Gasteiger partial charge in [0.05, 0.1) is 6.54 Å². The van der Waals surface area contributed by atoms with Crippen molar-refractivity contribution < 1.29 is 9.18 Å². The van der Waals surface area contributed by atoms with E-state index < -0.39 is 23.0 Å². The summed E-state index contributed by atoms with van der Waals surface area (Å²) >= 11 is 0. The van der Waals surface area contributed by atoms with Gasteiger partial charge in [0.2, 0.25) is 0 Å². The lowest BCUT2D eigenvalue weighted by molar-refractivity contribution is 0.0946. The molecule has 2 rings (SSSR count). The number of H-pyrrole nitrogens is 1. The Labute approximate surface area is 132 Å². The van der Waals surface area contributed by atoms with Crippen LogP contribution in [0.15, 0.2) is 40.1 Å². The van der Waals surface area contributed by atoms with E-state index in [2.05, 4.69) is 10.3 Å². The van der Waals surface area contributed by atoms with Crippen molar-refractivity contribution in [3.63, 3.8) is 0 Å². The zero-order valence-corrected chi connectivity index (χ0v) is 12.9. The molecule has 1 amide bonds. The lowest BCUT2D eigenvalue weighted by Gasteiger charge is -2.09. The van der Waals surface area contributed by atoms with Crippen LogP contribution in [0, 0.1) is 11.7 Å². The molecule has 0 aliphatic carbocycles. The highest BCUT2D eigenvalue weighted by Crippen LogP contribution is 2.06. The molecule has 122 valence electrons. The lowest BCUT2D eigenvalue weighted by atomic mass is 10.2. The third-order valence-corrected chi connectivity index (χ3v) is 3.26. The molecule has 7 heteroatoms. The third kappa shape index (κ3) is 3.94. The molecule has 1 aromatic carbocycles. The van der Waals surface area contributed by atoms with Gasteiger partial charge in [0, 0.05) is 18.3 Å². The van der Waals surface area contributed by atoms with Crippen molar-refractivity contribution in [3.8, 4) is 0 Å². The number of halogens is 1. The minimum absolute atomic E-state index is 0.179. The van der Waals surface area contributed by atoms with Gasteiger partial charge in [-0.2, -0.15) is 0 Å². The maximum absolute atomic E-state index is 13.7. The van der Waals surface area contributed by atoms with Crippen molar-refractivity contribution in [2.75, 3.05) is 6.54 Å². The third-order valence-electron chi connectivity index (χ3n) is 3.26. The second-order valence-corrected chi connectivity index (χ2v) is 5.59. The molecule has 1 heterocycles. The van der Waals surface area contributed by atoms with E-state index in [0.29, 0.717) is 6.54 Å². The van der Waals surface area contributed by atoms with Crippen LogP contribution in [0.4, 0.5) is 4.39 Å². The first kappa shape index (κ1) is 16.7. The van der Waals surface area contributed by atoms with Crippen LogP contribution in [0.1, 0.15) is 29.8 Å². The normalized spacial score (nSPS) is 10.8. The summed E-state index contributed by atoms with van der Waals surface area (Å²) in [6.45, 7) is 4.00. The number of nitrogens with zero attached hydrogens (tertiary/aromatic N) is 1. The monoisotopic (exact) mass is 319 g/mol. The highest BCUT2D eigenvalue weighted by atomic mass is 19.1. The quantitative estimate of drug-likeness (QED) is 0.866. The van der Waals surface area contributed by atoms with Crippen molar-refractivity contribution in [2.24, 2.45) is 5.92 Å². The maximum atomic E-state index is 13.7. The van der Waals surface area contributed by atoms with E-state index in [-0.39, 0.29) is 23.6 Å². The Morgan fingerprint density at radius 2 is 2.00 bits per heavy atom. The molecule has 0 saturated carbocycles. The van der Waals surface area contributed by atoms with E-state index in [0.717, 1.165) is 10.8 Å². The molecule has 0 radical (unpaired) electrons. The predicted molar refractivity (Wildman–Crippen MR) is 84.0 cm³/mol. The number of hydrogen-bond acceptors (Lipinski definition) is 3. The van der Waals surface area contributed by atoms with Gasteiger partial charge in [0.1, 0.15) is 11.4 Å². The van der Waals surface area contributed by atoms with Crippen LogP contribution in [0.25, 0.3) is 0 Å². The number of aromatic nitrogens is 2. The molecule has 0 saturated heterocycles. The largest absolute Gasteiger partial charge is 0.352 e. The molecule has 0 bridgehead atoms. The van der Waals surface area contributed by atoms with Crippen molar-refractivity contribution in [2.45, 2.75) is 20.4 Å². The number of rotatable bonds is 5. The lowest BCUT2D eigenvalue weighted by Crippen LogP contribution is -2.41. The number of benzene rings is 1. The van der Waals surface area contributed by atoms with Gasteiger partial charge >= 0.3 is 5.69 Å². The summed E-state index contributed by atoms with van der Waals surface area (Å²) in [4.78, 5) is 38.6. The van der Waals surface area contributed by atoms with E-state index >= 15 is 0 Å². The highest BCUT2D eigenvalue weighted by molar-refractivity contribution is 5.93. The Bertz CT molecular complexity index is 824. The van der Waals surface area contributed by atoms with E-state index in [4.69, 9.17) is 0 Å². The number of nitrogens with one attached hydrogen (secondary N) is 2. The van der Waals surface area contributed by atoms with Crippen LogP contribution in [-0.2, 0) is 6.54 Å². The standard InChI is InChI=1S/C16H18FN3O3/c1-10(2)7-18-14(21)12-8-19-16(23)20(15(12)22)9-11-5-3-4-6-13(11)17/h3-6,8,10H,7,9H2,1-2H3,(H,18,21)(H,19,23). The Kier molecular flexibility index (Phi) is 5.10. The number of aromatic amines is 1. The zero-order chi connectivity index (χ0) is 17.0. The summed E-state index contributed by atoms with van der Waals surface area (Å²) in [6, 6.07) is 5.85. The fourth-order valence-corrected chi connectivity index (χ4v) is 2.01. The summed E-state index contributed by atoms with van der Waals surface area (Å²) in [5.41, 5.74) is -1.43. The molecule has 0 fully saturated rings. The molecule has 0 spiro atoms. The fraction of sp³-hybridized carbons (Fsp3) is 0.312. The second-order valence-electron chi connectivity index (χ2n) is 5.59. The molecule has 2 aromatic rings. The van der Waals surface area contributed by atoms with Crippen molar-refractivity contribution in [3.05, 3.63) is 68.2 Å². The average molecular weight is 319 g/mol. The van der Waals surface area contributed by atoms with Crippen molar-refractivity contribution >= 4 is 5.91 Å². The smallest absolute Gasteiger partial charge is 0.328 e. The van der Waals surface area contributed by atoms with Gasteiger partial charge in [0.25, 0.3) is 11.5 Å². The molecule has 0 aliphatic heterocycles. The first-order valence-corrected chi connectivity index (χ1v) is 7.24. The van der Waals surface area contributed by atoms with E-state index in [9.17, 15) is 18.8 Å². The van der Waals surface area contributed by atoms with E-state index in [1.165, 1.54) is 18.2 Å². The summed E-state index contributed by atoms with van der Waals surface area (Å²) in [7, 11) is 0. The van der Waals surface area contributed by atoms with Crippen LogP contribution in [0.2, 0.25) is 0 Å². The Hall–Kier alpha value is -2.70. The van der Waals surface area contributed by atoms with Crippen LogP contribution in [-0.4, -0.2) is 22.0 Å².